The van der Waals surface area contributed by atoms with E-state index in [4.69, 9.17) is 4.42 Å². The first kappa shape index (κ1) is 15.3. The van der Waals surface area contributed by atoms with Gasteiger partial charge in [0.2, 0.25) is 0 Å². The lowest BCUT2D eigenvalue weighted by molar-refractivity contribution is -0.678. The zero-order valence-corrected chi connectivity index (χ0v) is 12.7. The number of hydrogen-bond acceptors (Lipinski definition) is 3. The van der Waals surface area contributed by atoms with E-state index < -0.39 is 6.03 Å². The fraction of sp³-hybridized carbons (Fsp3) is 0.294. The molecule has 1 aliphatic carbocycles. The molecule has 2 aromatic rings. The van der Waals surface area contributed by atoms with Crippen LogP contribution in [-0.2, 0) is 4.79 Å². The molecule has 0 radical (unpaired) electrons. The van der Waals surface area contributed by atoms with E-state index in [1.54, 1.807) is 6.26 Å². The van der Waals surface area contributed by atoms with Crippen LogP contribution in [0.2, 0.25) is 0 Å². The van der Waals surface area contributed by atoms with Crippen LogP contribution in [0.3, 0.4) is 0 Å². The number of carbonyl (C=O) groups excluding carboxylic acids is 2. The number of benzene rings is 1. The summed E-state index contributed by atoms with van der Waals surface area (Å²) in [4.78, 5) is 23.5. The van der Waals surface area contributed by atoms with Gasteiger partial charge in [-0.15, -0.1) is 0 Å². The first-order valence-electron chi connectivity index (χ1n) is 7.74. The molecule has 1 fully saturated rings. The molecule has 1 atom stereocenters. The molecule has 1 aromatic carbocycles. The summed E-state index contributed by atoms with van der Waals surface area (Å²) < 4.78 is 5.48. The van der Waals surface area contributed by atoms with Crippen molar-refractivity contribution in [2.75, 3.05) is 6.54 Å². The van der Waals surface area contributed by atoms with Crippen LogP contribution in [0.4, 0.5) is 4.79 Å². The van der Waals surface area contributed by atoms with Gasteiger partial charge in [-0.3, -0.25) is 10.1 Å². The number of imide groups is 1. The Kier molecular flexibility index (Phi) is 4.73. The second-order valence-electron chi connectivity index (χ2n) is 5.64. The molecule has 0 bridgehead atoms. The lowest BCUT2D eigenvalue weighted by Crippen LogP contribution is -2.87. The Hall–Kier alpha value is -2.60. The van der Waals surface area contributed by atoms with Crippen LogP contribution in [0.1, 0.15) is 30.2 Å². The van der Waals surface area contributed by atoms with Crippen molar-refractivity contribution in [1.29, 1.82) is 0 Å². The Morgan fingerprint density at radius 3 is 2.61 bits per heavy atom. The topological polar surface area (TPSA) is 88.0 Å². The summed E-state index contributed by atoms with van der Waals surface area (Å²) in [6.07, 6.45) is 3.59. The highest BCUT2D eigenvalue weighted by Crippen LogP contribution is 2.18. The first-order chi connectivity index (χ1) is 11.2. The molecule has 23 heavy (non-hydrogen) atoms. The zero-order valence-electron chi connectivity index (χ0n) is 12.7. The third kappa shape index (κ3) is 4.43. The van der Waals surface area contributed by atoms with Crippen LogP contribution in [0.5, 0.6) is 0 Å². The Balaban J connectivity index is 1.58. The highest BCUT2D eigenvalue weighted by atomic mass is 16.3. The summed E-state index contributed by atoms with van der Waals surface area (Å²) in [5, 5.41) is 6.94. The maximum Gasteiger partial charge on any atom is 0.321 e. The lowest BCUT2D eigenvalue weighted by atomic mass is 10.0. The van der Waals surface area contributed by atoms with Crippen LogP contribution in [0.15, 0.2) is 53.1 Å². The molecule has 3 rings (SSSR count). The van der Waals surface area contributed by atoms with Crippen molar-refractivity contribution in [1.82, 2.24) is 10.6 Å². The van der Waals surface area contributed by atoms with Gasteiger partial charge in [-0.25, -0.2) is 4.79 Å². The van der Waals surface area contributed by atoms with Crippen molar-refractivity contribution in [3.8, 4) is 0 Å². The SMILES string of the molecule is O=C(C[NH2+][C@H](c1ccccc1)c1ccco1)NC(=O)NC1CC1. The monoisotopic (exact) mass is 314 g/mol. The third-order valence-electron chi connectivity index (χ3n) is 3.71. The number of furan rings is 1. The molecule has 1 saturated carbocycles. The number of nitrogens with two attached hydrogens (primary N) is 1. The van der Waals surface area contributed by atoms with Gasteiger partial charge in [0.1, 0.15) is 0 Å². The number of rotatable bonds is 6. The van der Waals surface area contributed by atoms with Gasteiger partial charge in [-0.2, -0.15) is 0 Å². The van der Waals surface area contributed by atoms with Gasteiger partial charge < -0.3 is 15.1 Å². The molecule has 6 heteroatoms. The molecule has 1 aliphatic rings. The van der Waals surface area contributed by atoms with Crippen LogP contribution < -0.4 is 16.0 Å². The van der Waals surface area contributed by atoms with Gasteiger partial charge in [0, 0.05) is 11.6 Å². The van der Waals surface area contributed by atoms with Crippen LogP contribution >= 0.6 is 0 Å². The molecule has 0 unspecified atom stereocenters. The van der Waals surface area contributed by atoms with Crippen LogP contribution in [0, 0.1) is 0 Å². The van der Waals surface area contributed by atoms with E-state index in [2.05, 4.69) is 10.6 Å². The summed E-state index contributed by atoms with van der Waals surface area (Å²) in [7, 11) is 0. The zero-order chi connectivity index (χ0) is 16.1. The highest BCUT2D eigenvalue weighted by Gasteiger charge is 2.25. The van der Waals surface area contributed by atoms with E-state index >= 15 is 0 Å². The molecule has 0 spiro atoms. The molecule has 120 valence electrons. The Morgan fingerprint density at radius 1 is 1.17 bits per heavy atom. The van der Waals surface area contributed by atoms with Gasteiger partial charge in [-0.1, -0.05) is 30.3 Å². The predicted molar refractivity (Wildman–Crippen MR) is 83.5 cm³/mol. The van der Waals surface area contributed by atoms with Crippen molar-refractivity contribution >= 4 is 11.9 Å². The molecule has 3 amide bonds. The minimum absolute atomic E-state index is 0.122. The summed E-state index contributed by atoms with van der Waals surface area (Å²) in [6, 6.07) is 13.2. The fourth-order valence-electron chi connectivity index (χ4n) is 2.40. The molecular weight excluding hydrogens is 294 g/mol. The minimum atomic E-state index is -0.417. The van der Waals surface area contributed by atoms with E-state index in [-0.39, 0.29) is 24.5 Å². The molecule has 0 aliphatic heterocycles. The Bertz CT molecular complexity index is 651. The average molecular weight is 314 g/mol. The molecule has 4 N–H and O–H groups in total. The second kappa shape index (κ2) is 7.11. The molecular formula is C17H20N3O3+. The Morgan fingerprint density at radius 2 is 1.96 bits per heavy atom. The second-order valence-corrected chi connectivity index (χ2v) is 5.64. The van der Waals surface area contributed by atoms with Crippen molar-refractivity contribution in [3.05, 3.63) is 60.1 Å². The van der Waals surface area contributed by atoms with E-state index in [1.165, 1.54) is 0 Å². The smallest absolute Gasteiger partial charge is 0.321 e. The van der Waals surface area contributed by atoms with Crippen LogP contribution in [-0.4, -0.2) is 24.5 Å². The van der Waals surface area contributed by atoms with Crippen LogP contribution in [0.25, 0.3) is 0 Å². The Labute approximate surface area is 134 Å². The minimum Gasteiger partial charge on any atom is -0.463 e. The van der Waals surface area contributed by atoms with Gasteiger partial charge in [0.15, 0.2) is 18.3 Å². The number of carbonyl (C=O) groups is 2. The normalized spacial score (nSPS) is 15.0. The quantitative estimate of drug-likeness (QED) is 0.741. The predicted octanol–water partition coefficient (Wildman–Crippen LogP) is 0.921. The number of amides is 3. The van der Waals surface area contributed by atoms with E-state index in [9.17, 15) is 9.59 Å². The van der Waals surface area contributed by atoms with Crippen molar-refractivity contribution in [2.45, 2.75) is 24.9 Å². The molecule has 6 nitrogen and oxygen atoms in total. The summed E-state index contributed by atoms with van der Waals surface area (Å²) in [5.41, 5.74) is 1.04. The summed E-state index contributed by atoms with van der Waals surface area (Å²) >= 11 is 0. The van der Waals surface area contributed by atoms with Gasteiger partial charge >= 0.3 is 6.03 Å². The van der Waals surface area contributed by atoms with E-state index in [0.717, 1.165) is 24.2 Å². The van der Waals surface area contributed by atoms with Crippen molar-refractivity contribution in [3.63, 3.8) is 0 Å². The van der Waals surface area contributed by atoms with E-state index in [1.807, 2.05) is 47.8 Å². The van der Waals surface area contributed by atoms with Crippen molar-refractivity contribution < 1.29 is 19.3 Å². The summed E-state index contributed by atoms with van der Waals surface area (Å²) in [6.45, 7) is 0.137. The number of quaternary nitrogens is 1. The summed E-state index contributed by atoms with van der Waals surface area (Å²) in [5.74, 6) is 0.446. The lowest BCUT2D eigenvalue weighted by Gasteiger charge is -2.13. The number of nitrogens with one attached hydrogen (secondary N) is 2. The standard InChI is InChI=1S/C17H19N3O3/c21-15(20-17(22)19-13-8-9-13)11-18-16(14-7-4-10-23-14)12-5-2-1-3-6-12/h1-7,10,13,16,18H,8-9,11H2,(H2,19,20,21,22)/p+1/t16-/m1/s1. The highest BCUT2D eigenvalue weighted by molar-refractivity contribution is 5.94. The third-order valence-corrected chi connectivity index (χ3v) is 3.71. The maximum atomic E-state index is 11.9. The number of urea groups is 1. The van der Waals surface area contributed by atoms with Gasteiger partial charge in [-0.05, 0) is 25.0 Å². The largest absolute Gasteiger partial charge is 0.463 e. The average Bonchev–Trinajstić information content (AvgIpc) is 3.19. The molecule has 1 heterocycles. The van der Waals surface area contributed by atoms with Gasteiger partial charge in [0.05, 0.1) is 6.26 Å². The van der Waals surface area contributed by atoms with Gasteiger partial charge in [0.25, 0.3) is 5.91 Å². The van der Waals surface area contributed by atoms with Crippen molar-refractivity contribution in [2.24, 2.45) is 0 Å². The van der Waals surface area contributed by atoms with E-state index in [0.29, 0.717) is 0 Å². The maximum absolute atomic E-state index is 11.9. The fourth-order valence-corrected chi connectivity index (χ4v) is 2.40. The number of hydrogen-bond donors (Lipinski definition) is 3. The molecule has 0 saturated heterocycles. The molecule has 1 aromatic heterocycles. The first-order valence-corrected chi connectivity index (χ1v) is 7.74.